The van der Waals surface area contributed by atoms with E-state index in [0.717, 1.165) is 10.0 Å². The number of amides is 1. The van der Waals surface area contributed by atoms with Crippen molar-refractivity contribution in [1.29, 1.82) is 0 Å². The van der Waals surface area contributed by atoms with Crippen molar-refractivity contribution in [3.63, 3.8) is 0 Å². The summed E-state index contributed by atoms with van der Waals surface area (Å²) in [5.74, 6) is -1.25. The Morgan fingerprint density at radius 1 is 1.56 bits per heavy atom. The lowest BCUT2D eigenvalue weighted by atomic mass is 9.88. The molecule has 16 heavy (non-hydrogen) atoms. The number of aliphatic carboxylic acids is 1. The largest absolute Gasteiger partial charge is 0.481 e. The molecule has 1 amide bonds. The molecule has 2 rings (SSSR count). The molecule has 0 aliphatic carbocycles. The standard InChI is InChI=1S/C11H10BrNO3/c12-8-3-1-2-7-6(5-10(15)16)4-9(14)13-11(7)8/h1-3,6H,4-5H2,(H,13,14)(H,15,16). The average Bonchev–Trinajstić information content (AvgIpc) is 2.18. The number of rotatable bonds is 2. The summed E-state index contributed by atoms with van der Waals surface area (Å²) in [6.45, 7) is 0. The molecule has 1 atom stereocenters. The van der Waals surface area contributed by atoms with Crippen LogP contribution in [0.1, 0.15) is 24.3 Å². The number of fused-ring (bicyclic) bond motifs is 1. The van der Waals surface area contributed by atoms with Gasteiger partial charge in [-0.15, -0.1) is 0 Å². The van der Waals surface area contributed by atoms with E-state index in [2.05, 4.69) is 21.2 Å². The Bertz CT molecular complexity index is 459. The first-order chi connectivity index (χ1) is 7.58. The maximum atomic E-state index is 11.4. The Balaban J connectivity index is 2.41. The number of anilines is 1. The number of nitrogens with one attached hydrogen (secondary N) is 1. The van der Waals surface area contributed by atoms with Gasteiger partial charge in [-0.2, -0.15) is 0 Å². The van der Waals surface area contributed by atoms with Crippen LogP contribution < -0.4 is 5.32 Å². The summed E-state index contributed by atoms with van der Waals surface area (Å²) < 4.78 is 0.786. The number of para-hydroxylation sites is 1. The third-order valence-electron chi connectivity index (χ3n) is 2.60. The molecule has 4 nitrogen and oxygen atoms in total. The number of carbonyl (C=O) groups excluding carboxylic acids is 1. The van der Waals surface area contributed by atoms with Crippen molar-refractivity contribution in [1.82, 2.24) is 0 Å². The quantitative estimate of drug-likeness (QED) is 0.876. The lowest BCUT2D eigenvalue weighted by Crippen LogP contribution is -2.24. The molecule has 0 saturated heterocycles. The van der Waals surface area contributed by atoms with Gasteiger partial charge >= 0.3 is 5.97 Å². The Morgan fingerprint density at radius 2 is 2.31 bits per heavy atom. The molecule has 0 bridgehead atoms. The minimum absolute atomic E-state index is 0.0170. The van der Waals surface area contributed by atoms with Gasteiger partial charge in [0.2, 0.25) is 5.91 Å². The zero-order valence-electron chi connectivity index (χ0n) is 8.37. The molecular formula is C11H10BrNO3. The van der Waals surface area contributed by atoms with Gasteiger partial charge in [0.1, 0.15) is 0 Å². The Morgan fingerprint density at radius 3 is 3.00 bits per heavy atom. The van der Waals surface area contributed by atoms with Crippen LogP contribution in [0, 0.1) is 0 Å². The van der Waals surface area contributed by atoms with Crippen LogP contribution in [0.4, 0.5) is 5.69 Å². The van der Waals surface area contributed by atoms with Crippen LogP contribution in [0.25, 0.3) is 0 Å². The van der Waals surface area contributed by atoms with Gasteiger partial charge in [0.15, 0.2) is 0 Å². The molecule has 1 unspecified atom stereocenters. The van der Waals surface area contributed by atoms with E-state index in [1.165, 1.54) is 0 Å². The highest BCUT2D eigenvalue weighted by molar-refractivity contribution is 9.10. The topological polar surface area (TPSA) is 66.4 Å². The molecule has 1 aromatic carbocycles. The lowest BCUT2D eigenvalue weighted by Gasteiger charge is -2.25. The number of halogens is 1. The molecule has 0 saturated carbocycles. The first-order valence-corrected chi connectivity index (χ1v) is 5.67. The van der Waals surface area contributed by atoms with Crippen LogP contribution in [-0.4, -0.2) is 17.0 Å². The summed E-state index contributed by atoms with van der Waals surface area (Å²) in [6, 6.07) is 5.52. The highest BCUT2D eigenvalue weighted by Gasteiger charge is 2.27. The maximum Gasteiger partial charge on any atom is 0.303 e. The fourth-order valence-corrected chi connectivity index (χ4v) is 2.41. The SMILES string of the molecule is O=C(O)CC1CC(=O)Nc2c(Br)cccc21. The van der Waals surface area contributed by atoms with Crippen molar-refractivity contribution in [3.8, 4) is 0 Å². The molecule has 2 N–H and O–H groups in total. The molecule has 0 spiro atoms. The first-order valence-electron chi connectivity index (χ1n) is 4.88. The molecular weight excluding hydrogens is 274 g/mol. The van der Waals surface area contributed by atoms with Crippen LogP contribution >= 0.6 is 15.9 Å². The molecule has 1 heterocycles. The summed E-state index contributed by atoms with van der Waals surface area (Å²) >= 11 is 3.34. The lowest BCUT2D eigenvalue weighted by molar-refractivity contribution is -0.137. The molecule has 0 fully saturated rings. The molecule has 1 aliphatic heterocycles. The zero-order chi connectivity index (χ0) is 11.7. The second-order valence-electron chi connectivity index (χ2n) is 3.75. The van der Waals surface area contributed by atoms with E-state index in [4.69, 9.17) is 5.11 Å². The Kier molecular flexibility index (Phi) is 2.96. The molecule has 84 valence electrons. The van der Waals surface area contributed by atoms with Crippen molar-refractivity contribution >= 4 is 33.5 Å². The fourth-order valence-electron chi connectivity index (χ4n) is 1.93. The third kappa shape index (κ3) is 2.09. The highest BCUT2D eigenvalue weighted by Crippen LogP contribution is 2.38. The van der Waals surface area contributed by atoms with Crippen LogP contribution in [0.15, 0.2) is 22.7 Å². The van der Waals surface area contributed by atoms with Crippen LogP contribution in [0.2, 0.25) is 0 Å². The monoisotopic (exact) mass is 283 g/mol. The Labute approximate surface area is 101 Å². The van der Waals surface area contributed by atoms with Crippen molar-refractivity contribution in [2.24, 2.45) is 0 Å². The van der Waals surface area contributed by atoms with Crippen molar-refractivity contribution in [2.75, 3.05) is 5.32 Å². The second kappa shape index (κ2) is 4.25. The van der Waals surface area contributed by atoms with Crippen LogP contribution in [0.5, 0.6) is 0 Å². The summed E-state index contributed by atoms with van der Waals surface area (Å²) in [7, 11) is 0. The fraction of sp³-hybridized carbons (Fsp3) is 0.273. The number of carbonyl (C=O) groups is 2. The predicted molar refractivity (Wildman–Crippen MR) is 62.4 cm³/mol. The van der Waals surface area contributed by atoms with Gasteiger partial charge in [-0.3, -0.25) is 9.59 Å². The number of benzene rings is 1. The maximum absolute atomic E-state index is 11.4. The highest BCUT2D eigenvalue weighted by atomic mass is 79.9. The number of carboxylic acid groups (broad SMARTS) is 1. The minimum atomic E-state index is -0.884. The summed E-state index contributed by atoms with van der Waals surface area (Å²) in [6.07, 6.45) is 0.215. The van der Waals surface area contributed by atoms with Crippen molar-refractivity contribution < 1.29 is 14.7 Å². The first kappa shape index (κ1) is 11.1. The van der Waals surface area contributed by atoms with Crippen LogP contribution in [-0.2, 0) is 9.59 Å². The van der Waals surface area contributed by atoms with E-state index >= 15 is 0 Å². The smallest absolute Gasteiger partial charge is 0.303 e. The average molecular weight is 284 g/mol. The van der Waals surface area contributed by atoms with E-state index in [0.29, 0.717) is 5.69 Å². The second-order valence-corrected chi connectivity index (χ2v) is 4.61. The zero-order valence-corrected chi connectivity index (χ0v) is 9.95. The van der Waals surface area contributed by atoms with Gasteiger partial charge in [-0.1, -0.05) is 12.1 Å². The normalized spacial score (nSPS) is 18.8. The van der Waals surface area contributed by atoms with E-state index in [1.807, 2.05) is 18.2 Å². The summed E-state index contributed by atoms with van der Waals surface area (Å²) in [4.78, 5) is 22.2. The van der Waals surface area contributed by atoms with E-state index in [-0.39, 0.29) is 24.7 Å². The van der Waals surface area contributed by atoms with E-state index < -0.39 is 5.97 Å². The molecule has 0 aromatic heterocycles. The van der Waals surface area contributed by atoms with E-state index in [1.54, 1.807) is 0 Å². The van der Waals surface area contributed by atoms with E-state index in [9.17, 15) is 9.59 Å². The molecule has 5 heteroatoms. The number of hydrogen-bond acceptors (Lipinski definition) is 2. The molecule has 1 aromatic rings. The van der Waals surface area contributed by atoms with Crippen molar-refractivity contribution in [2.45, 2.75) is 18.8 Å². The van der Waals surface area contributed by atoms with Crippen molar-refractivity contribution in [3.05, 3.63) is 28.2 Å². The van der Waals surface area contributed by atoms with Crippen LogP contribution in [0.3, 0.4) is 0 Å². The Hall–Kier alpha value is -1.36. The summed E-state index contributed by atoms with van der Waals surface area (Å²) in [5.41, 5.74) is 1.58. The third-order valence-corrected chi connectivity index (χ3v) is 3.26. The molecule has 1 aliphatic rings. The number of carboxylic acids is 1. The summed E-state index contributed by atoms with van der Waals surface area (Å²) in [5, 5.41) is 11.6. The minimum Gasteiger partial charge on any atom is -0.481 e. The van der Waals surface area contributed by atoms with Gasteiger partial charge < -0.3 is 10.4 Å². The number of hydrogen-bond donors (Lipinski definition) is 2. The van der Waals surface area contributed by atoms with Gasteiger partial charge in [0.25, 0.3) is 0 Å². The van der Waals surface area contributed by atoms with Gasteiger partial charge in [0, 0.05) is 16.8 Å². The van der Waals surface area contributed by atoms with Gasteiger partial charge in [0.05, 0.1) is 12.1 Å². The van der Waals surface area contributed by atoms with Gasteiger partial charge in [-0.05, 0) is 27.6 Å². The predicted octanol–water partition coefficient (Wildman–Crippen LogP) is 2.35. The molecule has 0 radical (unpaired) electrons. The van der Waals surface area contributed by atoms with Gasteiger partial charge in [-0.25, -0.2) is 0 Å².